The lowest BCUT2D eigenvalue weighted by atomic mass is 10.3. The van der Waals surface area contributed by atoms with Gasteiger partial charge in [0.15, 0.2) is 0 Å². The zero-order chi connectivity index (χ0) is 18.4. The predicted molar refractivity (Wildman–Crippen MR) is 104 cm³/mol. The molecule has 0 radical (unpaired) electrons. The molecule has 3 heterocycles. The maximum absolute atomic E-state index is 12.2. The van der Waals surface area contributed by atoms with Gasteiger partial charge < -0.3 is 9.88 Å². The molecule has 1 N–H and O–H groups in total. The summed E-state index contributed by atoms with van der Waals surface area (Å²) < 4.78 is 5.67. The second-order valence-corrected chi connectivity index (χ2v) is 7.02. The summed E-state index contributed by atoms with van der Waals surface area (Å²) in [4.78, 5) is 12.2. The molecule has 0 bridgehead atoms. The van der Waals surface area contributed by atoms with Gasteiger partial charge in [-0.3, -0.25) is 4.79 Å². The number of carbonyl (C=O) groups is 1. The van der Waals surface area contributed by atoms with Crippen LogP contribution < -0.4 is 5.32 Å². The van der Waals surface area contributed by atoms with Crippen LogP contribution in [0, 0.1) is 0 Å². The minimum absolute atomic E-state index is 0.0998. The number of fused-ring (bicyclic) bond motifs is 5. The van der Waals surface area contributed by atoms with Gasteiger partial charge in [-0.05, 0) is 24.3 Å². The molecule has 0 saturated carbocycles. The lowest BCUT2D eigenvalue weighted by Gasteiger charge is -2.03. The second-order valence-electron chi connectivity index (χ2n) is 6.08. The van der Waals surface area contributed by atoms with E-state index in [9.17, 15) is 4.79 Å². The van der Waals surface area contributed by atoms with E-state index in [2.05, 4.69) is 20.6 Å². The van der Waals surface area contributed by atoms with Gasteiger partial charge in [-0.15, -0.1) is 15.3 Å². The van der Waals surface area contributed by atoms with Crippen molar-refractivity contribution in [2.75, 3.05) is 11.1 Å². The highest BCUT2D eigenvalue weighted by Gasteiger charge is 2.19. The molecule has 2 aromatic carbocycles. The number of rotatable bonds is 4. The summed E-state index contributed by atoms with van der Waals surface area (Å²) in [6.45, 7) is 0. The number of aryl methyl sites for hydroxylation is 1. The monoisotopic (exact) mass is 377 g/mol. The van der Waals surface area contributed by atoms with Crippen LogP contribution in [0.2, 0.25) is 0 Å². The molecule has 0 atom stereocenters. The second kappa shape index (κ2) is 6.13. The van der Waals surface area contributed by atoms with Crippen LogP contribution in [0.15, 0.2) is 59.8 Å². The van der Waals surface area contributed by atoms with Crippen LogP contribution in [0.3, 0.4) is 0 Å². The van der Waals surface area contributed by atoms with Crippen LogP contribution in [-0.2, 0) is 11.8 Å². The molecule has 27 heavy (non-hydrogen) atoms. The van der Waals surface area contributed by atoms with Crippen molar-refractivity contribution in [2.45, 2.75) is 5.16 Å². The van der Waals surface area contributed by atoms with Crippen LogP contribution >= 0.6 is 11.8 Å². The Morgan fingerprint density at radius 3 is 2.56 bits per heavy atom. The largest absolute Gasteiger partial charge is 0.325 e. The summed E-state index contributed by atoms with van der Waals surface area (Å²) in [5, 5.41) is 16.6. The first-order valence-corrected chi connectivity index (χ1v) is 9.36. The van der Waals surface area contributed by atoms with E-state index in [-0.39, 0.29) is 11.7 Å². The topological polar surface area (TPSA) is 81.5 Å². The fourth-order valence-electron chi connectivity index (χ4n) is 3.12. The van der Waals surface area contributed by atoms with E-state index >= 15 is 0 Å². The molecule has 8 nitrogen and oxygen atoms in total. The Kier molecular flexibility index (Phi) is 3.61. The number of nitrogens with zero attached hydrogens (tertiary/aromatic N) is 6. The molecule has 9 heteroatoms. The minimum atomic E-state index is -0.0998. The quantitative estimate of drug-likeness (QED) is 0.487. The molecule has 134 valence electrons. The Morgan fingerprint density at radius 2 is 1.74 bits per heavy atom. The molecule has 0 aliphatic carbocycles. The molecule has 0 aliphatic heterocycles. The molecular weight excluding hydrogens is 362 g/mol. The van der Waals surface area contributed by atoms with Gasteiger partial charge in [-0.25, -0.2) is 4.40 Å². The molecule has 5 rings (SSSR count). The number of amides is 1. The number of imidazole rings is 1. The lowest BCUT2D eigenvalue weighted by molar-refractivity contribution is -0.113. The van der Waals surface area contributed by atoms with Gasteiger partial charge in [0, 0.05) is 12.7 Å². The van der Waals surface area contributed by atoms with Crippen molar-refractivity contribution in [1.29, 1.82) is 0 Å². The van der Waals surface area contributed by atoms with Gasteiger partial charge in [0.2, 0.25) is 16.8 Å². The zero-order valence-corrected chi connectivity index (χ0v) is 15.2. The highest BCUT2D eigenvalue weighted by atomic mass is 32.2. The number of hydrogen-bond donors (Lipinski definition) is 1. The van der Waals surface area contributed by atoms with Gasteiger partial charge in [0.05, 0.1) is 16.8 Å². The number of aromatic nitrogens is 6. The maximum Gasteiger partial charge on any atom is 0.260 e. The molecule has 5 aromatic rings. The van der Waals surface area contributed by atoms with Crippen molar-refractivity contribution >= 4 is 45.9 Å². The summed E-state index contributed by atoms with van der Waals surface area (Å²) in [7, 11) is 1.97. The number of thioether (sulfide) groups is 1. The van der Waals surface area contributed by atoms with Gasteiger partial charge in [-0.1, -0.05) is 42.1 Å². The molecular formula is C18H15N7OS. The maximum atomic E-state index is 12.2. The molecule has 0 unspecified atom stereocenters. The third-order valence-corrected chi connectivity index (χ3v) is 5.28. The number of nitrogens with one attached hydrogen (secondary N) is 1. The van der Waals surface area contributed by atoms with E-state index in [1.807, 2.05) is 70.6 Å². The van der Waals surface area contributed by atoms with Crippen LogP contribution in [0.1, 0.15) is 0 Å². The van der Waals surface area contributed by atoms with Crippen molar-refractivity contribution in [3.8, 4) is 0 Å². The average Bonchev–Trinajstić information content (AvgIpc) is 3.33. The van der Waals surface area contributed by atoms with Crippen LogP contribution in [0.4, 0.5) is 5.69 Å². The molecule has 0 spiro atoms. The first-order valence-electron chi connectivity index (χ1n) is 8.37. The van der Waals surface area contributed by atoms with Crippen molar-refractivity contribution in [2.24, 2.45) is 7.05 Å². The van der Waals surface area contributed by atoms with Crippen molar-refractivity contribution in [1.82, 2.24) is 28.8 Å². The zero-order valence-electron chi connectivity index (χ0n) is 14.4. The summed E-state index contributed by atoms with van der Waals surface area (Å²) in [6.07, 6.45) is 0. The van der Waals surface area contributed by atoms with Gasteiger partial charge in [-0.2, -0.15) is 4.52 Å². The first-order chi connectivity index (χ1) is 13.2. The SMILES string of the molecule is Cn1c2ccccc2n2c1nn1c(SCC(=O)Nc3ccccc3)nnc12. The van der Waals surface area contributed by atoms with Gasteiger partial charge in [0.25, 0.3) is 5.78 Å². The van der Waals surface area contributed by atoms with Crippen LogP contribution in [0.5, 0.6) is 0 Å². The standard InChI is InChI=1S/C18H15N7OS/c1-23-13-9-5-6-10-14(13)24-16-20-21-18(25(16)22-17(23)24)27-11-15(26)19-12-7-3-2-4-8-12/h2-10H,11H2,1H3,(H,19,26). The third kappa shape index (κ3) is 2.55. The Labute approximate surface area is 157 Å². The van der Waals surface area contributed by atoms with E-state index in [1.165, 1.54) is 11.8 Å². The van der Waals surface area contributed by atoms with Crippen LogP contribution in [-0.4, -0.2) is 40.4 Å². The van der Waals surface area contributed by atoms with E-state index in [4.69, 9.17) is 0 Å². The number of benzene rings is 2. The number of para-hydroxylation sites is 3. The lowest BCUT2D eigenvalue weighted by Crippen LogP contribution is -2.14. The highest BCUT2D eigenvalue weighted by molar-refractivity contribution is 7.99. The van der Waals surface area contributed by atoms with Crippen LogP contribution in [0.25, 0.3) is 22.6 Å². The normalized spacial score (nSPS) is 11.6. The fourth-order valence-corrected chi connectivity index (χ4v) is 3.80. The minimum Gasteiger partial charge on any atom is -0.325 e. The van der Waals surface area contributed by atoms with E-state index < -0.39 is 0 Å². The summed E-state index contributed by atoms with van der Waals surface area (Å²) >= 11 is 1.31. The third-order valence-electron chi connectivity index (χ3n) is 4.36. The van der Waals surface area contributed by atoms with Crippen molar-refractivity contribution < 1.29 is 4.79 Å². The highest BCUT2D eigenvalue weighted by Crippen LogP contribution is 2.23. The fraction of sp³-hybridized carbons (Fsp3) is 0.111. The Balaban J connectivity index is 1.44. The summed E-state index contributed by atoms with van der Waals surface area (Å²) in [6, 6.07) is 17.4. The molecule has 0 aliphatic rings. The summed E-state index contributed by atoms with van der Waals surface area (Å²) in [5.41, 5.74) is 2.86. The van der Waals surface area contributed by atoms with Gasteiger partial charge >= 0.3 is 0 Å². The Morgan fingerprint density at radius 1 is 1.00 bits per heavy atom. The number of anilines is 1. The first kappa shape index (κ1) is 15.9. The molecule has 0 fully saturated rings. The van der Waals surface area contributed by atoms with Gasteiger partial charge in [0.1, 0.15) is 0 Å². The molecule has 0 saturated heterocycles. The average molecular weight is 377 g/mol. The van der Waals surface area contributed by atoms with Crippen molar-refractivity contribution in [3.63, 3.8) is 0 Å². The van der Waals surface area contributed by atoms with E-state index in [0.717, 1.165) is 22.5 Å². The molecule has 3 aromatic heterocycles. The number of hydrogen-bond acceptors (Lipinski definition) is 5. The molecule has 1 amide bonds. The Bertz CT molecular complexity index is 1290. The van der Waals surface area contributed by atoms with Crippen molar-refractivity contribution in [3.05, 3.63) is 54.6 Å². The number of carbonyl (C=O) groups excluding carboxylic acids is 1. The summed E-state index contributed by atoms with van der Waals surface area (Å²) in [5.74, 6) is 1.53. The predicted octanol–water partition coefficient (Wildman–Crippen LogP) is 2.60. The smallest absolute Gasteiger partial charge is 0.260 e. The van der Waals surface area contributed by atoms with E-state index in [1.54, 1.807) is 4.52 Å². The van der Waals surface area contributed by atoms with E-state index in [0.29, 0.717) is 10.9 Å². The Hall–Kier alpha value is -3.33.